The van der Waals surface area contributed by atoms with E-state index in [0.717, 1.165) is 6.42 Å². The van der Waals surface area contributed by atoms with Crippen molar-refractivity contribution in [1.29, 1.82) is 0 Å². The Morgan fingerprint density at radius 2 is 2.46 bits per heavy atom. The molecule has 0 aromatic carbocycles. The number of hydrogen-bond acceptors (Lipinski definition) is 4. The van der Waals surface area contributed by atoms with Crippen molar-refractivity contribution < 1.29 is 19.7 Å². The predicted molar refractivity (Wildman–Crippen MR) is 46.0 cm³/mol. The quantitative estimate of drug-likeness (QED) is 0.412. The minimum atomic E-state index is -0.417. The van der Waals surface area contributed by atoms with Crippen molar-refractivity contribution in [3.63, 3.8) is 0 Å². The maximum absolute atomic E-state index is 11.2. The van der Waals surface area contributed by atoms with Gasteiger partial charge in [0.05, 0.1) is 12.5 Å². The molecule has 0 radical (unpaired) electrons. The van der Waals surface area contributed by atoms with Gasteiger partial charge in [0.15, 0.2) is 0 Å². The molecule has 1 N–H and O–H groups in total. The molecule has 3 unspecified atom stereocenters. The third kappa shape index (κ3) is 2.19. The summed E-state index contributed by atoms with van der Waals surface area (Å²) in [6.45, 7) is 4.39. The molecule has 4 heteroatoms. The average Bonchev–Trinajstić information content (AvgIpc) is 2.53. The largest absolute Gasteiger partial charge is 0.465 e. The molecule has 1 aliphatic heterocycles. The highest BCUT2D eigenvalue weighted by Crippen LogP contribution is 2.26. The Kier molecular flexibility index (Phi) is 3.69. The molecule has 1 aliphatic rings. The highest BCUT2D eigenvalue weighted by Gasteiger charge is 2.37. The molecule has 0 aliphatic carbocycles. The number of rotatable bonds is 4. The van der Waals surface area contributed by atoms with Gasteiger partial charge in [0.2, 0.25) is 0 Å². The normalized spacial score (nSPS) is 27.0. The van der Waals surface area contributed by atoms with Gasteiger partial charge in [-0.1, -0.05) is 20.3 Å². The minimum absolute atomic E-state index is 0.167. The molecule has 4 nitrogen and oxygen atoms in total. The number of carbonyl (C=O) groups is 1. The molecular weight excluding hydrogens is 172 g/mol. The molecule has 0 spiro atoms. The number of ether oxygens (including phenoxy) is 1. The smallest absolute Gasteiger partial charge is 0.311 e. The first-order valence-corrected chi connectivity index (χ1v) is 4.67. The van der Waals surface area contributed by atoms with E-state index in [1.807, 2.05) is 13.8 Å². The Hall–Kier alpha value is -0.610. The highest BCUT2D eigenvalue weighted by molar-refractivity contribution is 5.74. The van der Waals surface area contributed by atoms with Gasteiger partial charge in [-0.2, -0.15) is 0 Å². The molecule has 1 heterocycles. The maximum atomic E-state index is 11.2. The molecule has 3 atom stereocenters. The summed E-state index contributed by atoms with van der Waals surface area (Å²) in [4.78, 5) is 15.5. The third-order valence-corrected chi connectivity index (χ3v) is 2.70. The van der Waals surface area contributed by atoms with Gasteiger partial charge in [-0.3, -0.25) is 10.1 Å². The zero-order valence-corrected chi connectivity index (χ0v) is 8.03. The molecule has 13 heavy (non-hydrogen) atoms. The molecule has 0 aromatic heterocycles. The average molecular weight is 188 g/mol. The van der Waals surface area contributed by atoms with Crippen LogP contribution in [-0.2, 0) is 14.4 Å². The van der Waals surface area contributed by atoms with Gasteiger partial charge in [-0.05, 0) is 12.3 Å². The van der Waals surface area contributed by atoms with Gasteiger partial charge in [-0.25, -0.2) is 4.89 Å². The van der Waals surface area contributed by atoms with Crippen LogP contribution in [-0.4, -0.2) is 23.9 Å². The Balaban J connectivity index is 2.59. The van der Waals surface area contributed by atoms with Crippen LogP contribution < -0.4 is 0 Å². The van der Waals surface area contributed by atoms with E-state index in [-0.39, 0.29) is 17.8 Å². The predicted octanol–water partition coefficient (Wildman–Crippen LogP) is 1.45. The van der Waals surface area contributed by atoms with Gasteiger partial charge in [0.25, 0.3) is 0 Å². The second-order valence-electron chi connectivity index (χ2n) is 3.52. The lowest BCUT2D eigenvalue weighted by atomic mass is 9.89. The van der Waals surface area contributed by atoms with E-state index in [4.69, 9.17) is 9.99 Å². The lowest BCUT2D eigenvalue weighted by Gasteiger charge is -2.22. The summed E-state index contributed by atoms with van der Waals surface area (Å²) in [5.41, 5.74) is 0. The summed E-state index contributed by atoms with van der Waals surface area (Å²) in [5.74, 6) is -0.375. The van der Waals surface area contributed by atoms with Crippen LogP contribution >= 0.6 is 0 Å². The van der Waals surface area contributed by atoms with Crippen molar-refractivity contribution in [2.24, 2.45) is 11.8 Å². The number of esters is 1. The standard InChI is InChI=1S/C9H16O4/c1-3-6(2)8(13-11)7-4-5-12-9(7)10/h6-8,11H,3-5H2,1-2H3. The van der Waals surface area contributed by atoms with E-state index < -0.39 is 6.10 Å². The first kappa shape index (κ1) is 10.5. The van der Waals surface area contributed by atoms with Gasteiger partial charge in [0, 0.05) is 0 Å². The van der Waals surface area contributed by atoms with Crippen LogP contribution in [0.4, 0.5) is 0 Å². The lowest BCUT2D eigenvalue weighted by Crippen LogP contribution is -2.32. The number of carbonyl (C=O) groups excluding carboxylic acids is 1. The van der Waals surface area contributed by atoms with Crippen LogP contribution in [0.25, 0.3) is 0 Å². The summed E-state index contributed by atoms with van der Waals surface area (Å²) in [6.07, 6.45) is 1.10. The van der Waals surface area contributed by atoms with Crippen LogP contribution in [0.5, 0.6) is 0 Å². The monoisotopic (exact) mass is 188 g/mol. The summed E-state index contributed by atoms with van der Waals surface area (Å²) in [5, 5.41) is 8.70. The Bertz CT molecular complexity index is 180. The summed E-state index contributed by atoms with van der Waals surface area (Å²) in [6, 6.07) is 0. The molecule has 0 amide bonds. The molecule has 1 rings (SSSR count). The van der Waals surface area contributed by atoms with Crippen LogP contribution in [0.3, 0.4) is 0 Å². The van der Waals surface area contributed by atoms with Gasteiger partial charge >= 0.3 is 5.97 Å². The number of cyclic esters (lactones) is 1. The van der Waals surface area contributed by atoms with Crippen molar-refractivity contribution in [2.45, 2.75) is 32.8 Å². The fourth-order valence-corrected chi connectivity index (χ4v) is 1.62. The molecule has 0 aromatic rings. The topological polar surface area (TPSA) is 55.8 Å². The van der Waals surface area contributed by atoms with Crippen LogP contribution in [0.1, 0.15) is 26.7 Å². The van der Waals surface area contributed by atoms with Crippen LogP contribution in [0.2, 0.25) is 0 Å². The molecule has 1 saturated heterocycles. The van der Waals surface area contributed by atoms with Crippen molar-refractivity contribution in [3.8, 4) is 0 Å². The lowest BCUT2D eigenvalue weighted by molar-refractivity contribution is -0.298. The van der Waals surface area contributed by atoms with E-state index in [1.165, 1.54) is 0 Å². The molecular formula is C9H16O4. The van der Waals surface area contributed by atoms with E-state index >= 15 is 0 Å². The van der Waals surface area contributed by atoms with E-state index in [9.17, 15) is 4.79 Å². The Labute approximate surface area is 77.8 Å². The van der Waals surface area contributed by atoms with Gasteiger partial charge in [0.1, 0.15) is 6.10 Å². The Morgan fingerprint density at radius 3 is 2.85 bits per heavy atom. The second-order valence-corrected chi connectivity index (χ2v) is 3.52. The van der Waals surface area contributed by atoms with Crippen molar-refractivity contribution in [2.75, 3.05) is 6.61 Å². The zero-order chi connectivity index (χ0) is 9.84. The fraction of sp³-hybridized carbons (Fsp3) is 0.889. The number of hydrogen-bond donors (Lipinski definition) is 1. The molecule has 76 valence electrons. The van der Waals surface area contributed by atoms with Gasteiger partial charge in [-0.15, -0.1) is 0 Å². The Morgan fingerprint density at radius 1 is 1.77 bits per heavy atom. The first-order chi connectivity index (χ1) is 6.20. The van der Waals surface area contributed by atoms with Crippen molar-refractivity contribution in [1.82, 2.24) is 0 Å². The maximum Gasteiger partial charge on any atom is 0.311 e. The van der Waals surface area contributed by atoms with Crippen molar-refractivity contribution in [3.05, 3.63) is 0 Å². The van der Waals surface area contributed by atoms with E-state index in [2.05, 4.69) is 4.89 Å². The molecule has 0 saturated carbocycles. The van der Waals surface area contributed by atoms with Crippen LogP contribution in [0, 0.1) is 11.8 Å². The fourth-order valence-electron chi connectivity index (χ4n) is 1.62. The van der Waals surface area contributed by atoms with E-state index in [1.54, 1.807) is 0 Å². The van der Waals surface area contributed by atoms with Crippen molar-refractivity contribution >= 4 is 5.97 Å². The highest BCUT2D eigenvalue weighted by atomic mass is 17.1. The summed E-state index contributed by atoms with van der Waals surface area (Å²) in [7, 11) is 0. The molecule has 0 bridgehead atoms. The minimum Gasteiger partial charge on any atom is -0.465 e. The van der Waals surface area contributed by atoms with Crippen LogP contribution in [0.15, 0.2) is 0 Å². The summed E-state index contributed by atoms with van der Waals surface area (Å²) >= 11 is 0. The van der Waals surface area contributed by atoms with Gasteiger partial charge < -0.3 is 4.74 Å². The third-order valence-electron chi connectivity index (χ3n) is 2.70. The first-order valence-electron chi connectivity index (χ1n) is 4.67. The SMILES string of the molecule is CCC(C)C(OO)C1CCOC1=O. The van der Waals surface area contributed by atoms with E-state index in [0.29, 0.717) is 13.0 Å². The second kappa shape index (κ2) is 4.58. The summed E-state index contributed by atoms with van der Waals surface area (Å²) < 4.78 is 4.81. The zero-order valence-electron chi connectivity index (χ0n) is 8.03. The molecule has 1 fully saturated rings.